The smallest absolute Gasteiger partial charge is 0.182 e. The quantitative estimate of drug-likeness (QED) is 0.119. The summed E-state index contributed by atoms with van der Waals surface area (Å²) in [6, 6.07) is -0.0763. The summed E-state index contributed by atoms with van der Waals surface area (Å²) in [5, 5.41) is 3.22. The highest BCUT2D eigenvalue weighted by Crippen LogP contribution is 2.22. The number of oxazole rings is 1. The van der Waals surface area contributed by atoms with Crippen LogP contribution in [0.5, 0.6) is 0 Å². The molecule has 184 valence electrons. The van der Waals surface area contributed by atoms with Gasteiger partial charge in [-0.1, -0.05) is 96.5 Å². The Bertz CT molecular complexity index is 631. The molecular weight excluding hydrogens is 434 g/mol. The Balaban J connectivity index is 2.10. The Morgan fingerprint density at radius 2 is 1.72 bits per heavy atom. The zero-order chi connectivity index (χ0) is 23.8. The maximum absolute atomic E-state index is 5.85. The lowest BCUT2D eigenvalue weighted by molar-refractivity contribution is 0.389. The van der Waals surface area contributed by atoms with Gasteiger partial charge in [0.1, 0.15) is 6.26 Å². The fourth-order valence-electron chi connectivity index (χ4n) is 3.85. The van der Waals surface area contributed by atoms with E-state index in [4.69, 9.17) is 22.4 Å². The number of rotatable bonds is 19. The highest BCUT2D eigenvalue weighted by Gasteiger charge is 2.13. The minimum atomic E-state index is -0.0763. The van der Waals surface area contributed by atoms with E-state index in [0.717, 1.165) is 29.3 Å². The van der Waals surface area contributed by atoms with E-state index in [0.29, 0.717) is 10.8 Å². The van der Waals surface area contributed by atoms with Crippen LogP contribution in [0, 0.1) is 17.8 Å². The summed E-state index contributed by atoms with van der Waals surface area (Å²) in [7, 11) is 0. The van der Waals surface area contributed by atoms with Crippen molar-refractivity contribution in [2.45, 2.75) is 98.4 Å². The molecule has 0 aliphatic rings. The minimum Gasteiger partial charge on any atom is -0.449 e. The highest BCUT2D eigenvalue weighted by molar-refractivity contribution is 7.99. The zero-order valence-electron chi connectivity index (χ0n) is 21.1. The van der Waals surface area contributed by atoms with Gasteiger partial charge in [-0.15, -0.1) is 0 Å². The molecule has 1 heterocycles. The lowest BCUT2D eigenvalue weighted by atomic mass is 9.91. The summed E-state index contributed by atoms with van der Waals surface area (Å²) in [5.74, 6) is 5.05. The third-order valence-corrected chi connectivity index (χ3v) is 7.33. The molecule has 0 radical (unpaired) electrons. The third-order valence-electron chi connectivity index (χ3n) is 6.07. The first-order valence-corrected chi connectivity index (χ1v) is 14.0. The lowest BCUT2D eigenvalue weighted by Crippen LogP contribution is -2.36. The van der Waals surface area contributed by atoms with E-state index in [1.807, 2.05) is 11.8 Å². The molecule has 0 aliphatic carbocycles. The fourth-order valence-corrected chi connectivity index (χ4v) is 5.14. The van der Waals surface area contributed by atoms with Crippen LogP contribution in [0.3, 0.4) is 0 Å². The van der Waals surface area contributed by atoms with E-state index in [-0.39, 0.29) is 6.04 Å². The minimum absolute atomic E-state index is 0.0763. The Morgan fingerprint density at radius 1 is 1.09 bits per heavy atom. The number of allylic oxidation sites excluding steroid dienone is 1. The van der Waals surface area contributed by atoms with Gasteiger partial charge >= 0.3 is 0 Å². The molecule has 0 saturated carbocycles. The van der Waals surface area contributed by atoms with E-state index < -0.39 is 0 Å². The molecule has 0 saturated heterocycles. The second kappa shape index (κ2) is 17.5. The SMILES string of the molecule is C/C(=C\CSCC(Nc1cocn1)C(N)=S)CCCC(C)CCCC(C)CCCC(C)C. The Labute approximate surface area is 207 Å². The molecule has 1 rings (SSSR count). The van der Waals surface area contributed by atoms with E-state index in [1.54, 1.807) is 6.26 Å². The maximum atomic E-state index is 5.85. The average Bonchev–Trinajstić information content (AvgIpc) is 3.23. The summed E-state index contributed by atoms with van der Waals surface area (Å²) in [6.07, 6.45) is 17.5. The van der Waals surface area contributed by atoms with Gasteiger partial charge in [-0.3, -0.25) is 0 Å². The number of nitrogens with two attached hydrogens (primary N) is 1. The molecule has 6 heteroatoms. The molecular formula is C26H47N3OS2. The van der Waals surface area contributed by atoms with E-state index in [2.05, 4.69) is 51.0 Å². The van der Waals surface area contributed by atoms with Gasteiger partial charge in [0, 0.05) is 11.5 Å². The predicted molar refractivity (Wildman–Crippen MR) is 147 cm³/mol. The van der Waals surface area contributed by atoms with Crippen LogP contribution in [0.1, 0.15) is 92.4 Å². The standard InChI is InChI=1S/C26H47N3OS2/c1-20(2)9-6-10-21(3)11-7-12-22(4)13-8-14-23(5)15-16-32-18-24(26(27)31)29-25-17-30-19-28-25/h15,17,19-22,24,29H,6-14,16,18H2,1-5H3,(H2,27,31)/b23-15+. The molecule has 3 N–H and O–H groups in total. The van der Waals surface area contributed by atoms with Gasteiger partial charge in [0.25, 0.3) is 0 Å². The molecule has 0 bridgehead atoms. The van der Waals surface area contributed by atoms with Crippen molar-refractivity contribution in [1.29, 1.82) is 0 Å². The van der Waals surface area contributed by atoms with Crippen LogP contribution in [0.25, 0.3) is 0 Å². The molecule has 0 spiro atoms. The van der Waals surface area contributed by atoms with Gasteiger partial charge in [-0.25, -0.2) is 0 Å². The van der Waals surface area contributed by atoms with Gasteiger partial charge in [0.2, 0.25) is 0 Å². The molecule has 0 aromatic carbocycles. The van der Waals surface area contributed by atoms with Gasteiger partial charge < -0.3 is 15.5 Å². The number of aromatic nitrogens is 1. The molecule has 3 atom stereocenters. The van der Waals surface area contributed by atoms with Crippen LogP contribution >= 0.6 is 24.0 Å². The first-order chi connectivity index (χ1) is 15.3. The van der Waals surface area contributed by atoms with Crippen molar-refractivity contribution in [3.8, 4) is 0 Å². The van der Waals surface area contributed by atoms with Crippen molar-refractivity contribution in [1.82, 2.24) is 4.98 Å². The van der Waals surface area contributed by atoms with Crippen LogP contribution in [-0.2, 0) is 0 Å². The Morgan fingerprint density at radius 3 is 2.28 bits per heavy atom. The van der Waals surface area contributed by atoms with Crippen LogP contribution < -0.4 is 11.1 Å². The van der Waals surface area contributed by atoms with E-state index >= 15 is 0 Å². The summed E-state index contributed by atoms with van der Waals surface area (Å²) in [6.45, 7) is 11.8. The predicted octanol–water partition coefficient (Wildman–Crippen LogP) is 7.86. The monoisotopic (exact) mass is 481 g/mol. The van der Waals surface area contributed by atoms with Gasteiger partial charge in [0.05, 0.1) is 11.0 Å². The molecule has 0 fully saturated rings. The van der Waals surface area contributed by atoms with Gasteiger partial charge in [-0.2, -0.15) is 16.7 Å². The van der Waals surface area contributed by atoms with Crippen LogP contribution in [0.2, 0.25) is 0 Å². The first kappa shape index (κ1) is 29.0. The molecule has 1 aromatic heterocycles. The van der Waals surface area contributed by atoms with Crippen molar-refractivity contribution >= 4 is 34.8 Å². The lowest BCUT2D eigenvalue weighted by Gasteiger charge is -2.16. The third kappa shape index (κ3) is 14.9. The molecule has 4 nitrogen and oxygen atoms in total. The van der Waals surface area contributed by atoms with Crippen molar-refractivity contribution in [2.24, 2.45) is 23.5 Å². The summed E-state index contributed by atoms with van der Waals surface area (Å²) < 4.78 is 4.99. The molecule has 1 aromatic rings. The van der Waals surface area contributed by atoms with Crippen molar-refractivity contribution in [3.05, 3.63) is 24.3 Å². The van der Waals surface area contributed by atoms with E-state index in [9.17, 15) is 0 Å². The van der Waals surface area contributed by atoms with Gasteiger partial charge in [-0.05, 0) is 37.5 Å². The molecule has 0 aliphatic heterocycles. The topological polar surface area (TPSA) is 64.1 Å². The number of nitrogens with zero attached hydrogens (tertiary/aromatic N) is 1. The molecule has 0 amide bonds. The summed E-state index contributed by atoms with van der Waals surface area (Å²) in [4.78, 5) is 4.53. The summed E-state index contributed by atoms with van der Waals surface area (Å²) in [5.41, 5.74) is 7.34. The number of hydrogen-bond acceptors (Lipinski definition) is 5. The second-order valence-corrected chi connectivity index (χ2v) is 11.5. The van der Waals surface area contributed by atoms with Gasteiger partial charge in [0.15, 0.2) is 12.2 Å². The zero-order valence-corrected chi connectivity index (χ0v) is 22.7. The first-order valence-electron chi connectivity index (χ1n) is 12.4. The number of nitrogens with one attached hydrogen (secondary N) is 1. The highest BCUT2D eigenvalue weighted by atomic mass is 32.2. The number of thioether (sulfide) groups is 1. The molecule has 32 heavy (non-hydrogen) atoms. The number of thiocarbonyl (C=S) groups is 1. The van der Waals surface area contributed by atoms with Crippen LogP contribution in [0.4, 0.5) is 5.82 Å². The normalized spacial score (nSPS) is 15.0. The van der Waals surface area contributed by atoms with Crippen LogP contribution in [-0.4, -0.2) is 27.5 Å². The number of anilines is 1. The van der Waals surface area contributed by atoms with Crippen molar-refractivity contribution < 1.29 is 4.42 Å². The Hall–Kier alpha value is -1.01. The maximum Gasteiger partial charge on any atom is 0.182 e. The largest absolute Gasteiger partial charge is 0.449 e. The Kier molecular flexibility index (Phi) is 15.8. The summed E-state index contributed by atoms with van der Waals surface area (Å²) >= 11 is 7.01. The van der Waals surface area contributed by atoms with Crippen LogP contribution in [0.15, 0.2) is 28.7 Å². The molecule has 3 unspecified atom stereocenters. The fraction of sp³-hybridized carbons (Fsp3) is 0.769. The second-order valence-electron chi connectivity index (χ2n) is 9.92. The van der Waals surface area contributed by atoms with E-state index in [1.165, 1.54) is 69.8 Å². The average molecular weight is 482 g/mol. The van der Waals surface area contributed by atoms with Crippen molar-refractivity contribution in [2.75, 3.05) is 16.8 Å². The number of hydrogen-bond donors (Lipinski definition) is 2. The van der Waals surface area contributed by atoms with Crippen molar-refractivity contribution in [3.63, 3.8) is 0 Å².